The lowest BCUT2D eigenvalue weighted by Gasteiger charge is -2.06. The highest BCUT2D eigenvalue weighted by molar-refractivity contribution is 6.09. The Kier molecular flexibility index (Phi) is 2.85. The van der Waals surface area contributed by atoms with Crippen molar-refractivity contribution in [1.29, 1.82) is 0 Å². The maximum absolute atomic E-state index is 12.2. The molecule has 1 saturated heterocycles. The fourth-order valence-electron chi connectivity index (χ4n) is 2.77. The van der Waals surface area contributed by atoms with Crippen molar-refractivity contribution in [2.75, 3.05) is 6.61 Å². The molecule has 1 aliphatic rings. The van der Waals surface area contributed by atoms with Gasteiger partial charge in [0.05, 0.1) is 6.61 Å². The maximum Gasteiger partial charge on any atom is 0.355 e. The highest BCUT2D eigenvalue weighted by Gasteiger charge is 2.31. The maximum atomic E-state index is 12.2. The van der Waals surface area contributed by atoms with E-state index in [2.05, 4.69) is 4.98 Å². The molecule has 0 spiro atoms. The third-order valence-corrected chi connectivity index (χ3v) is 3.89. The highest BCUT2D eigenvalue weighted by atomic mass is 16.6. The molecule has 1 fully saturated rings. The molecular formula is C17H13NO4. The second kappa shape index (κ2) is 4.87. The first-order valence-corrected chi connectivity index (χ1v) is 7.10. The van der Waals surface area contributed by atoms with Crippen LogP contribution in [0.5, 0.6) is 0 Å². The second-order valence-electron chi connectivity index (χ2n) is 5.28. The lowest BCUT2D eigenvalue weighted by molar-refractivity contribution is -0.145. The lowest BCUT2D eigenvalue weighted by Crippen LogP contribution is -2.22. The minimum atomic E-state index is -0.796. The number of H-pyrrole nitrogens is 1. The van der Waals surface area contributed by atoms with E-state index in [1.165, 1.54) is 0 Å². The third kappa shape index (κ3) is 2.02. The predicted molar refractivity (Wildman–Crippen MR) is 80.6 cm³/mol. The van der Waals surface area contributed by atoms with Crippen LogP contribution in [0.4, 0.5) is 0 Å². The summed E-state index contributed by atoms with van der Waals surface area (Å²) < 4.78 is 10.00. The Balaban J connectivity index is 1.71. The number of hydrogen-bond donors (Lipinski definition) is 1. The third-order valence-electron chi connectivity index (χ3n) is 3.89. The summed E-state index contributed by atoms with van der Waals surface area (Å²) >= 11 is 0. The van der Waals surface area contributed by atoms with Crippen LogP contribution in [-0.4, -0.2) is 29.6 Å². The zero-order valence-electron chi connectivity index (χ0n) is 11.7. The highest BCUT2D eigenvalue weighted by Crippen LogP contribution is 2.26. The van der Waals surface area contributed by atoms with Gasteiger partial charge in [-0.3, -0.25) is 0 Å². The van der Waals surface area contributed by atoms with E-state index in [0.717, 1.165) is 21.7 Å². The molecule has 1 aromatic heterocycles. The first-order valence-electron chi connectivity index (χ1n) is 7.10. The van der Waals surface area contributed by atoms with E-state index in [0.29, 0.717) is 18.7 Å². The Hall–Kier alpha value is -2.82. The van der Waals surface area contributed by atoms with Gasteiger partial charge >= 0.3 is 11.9 Å². The van der Waals surface area contributed by atoms with Crippen LogP contribution >= 0.6 is 0 Å². The van der Waals surface area contributed by atoms with Gasteiger partial charge < -0.3 is 14.5 Å². The molecule has 0 radical (unpaired) electrons. The first kappa shape index (κ1) is 12.9. The van der Waals surface area contributed by atoms with Crippen molar-refractivity contribution >= 4 is 33.6 Å². The monoisotopic (exact) mass is 295 g/mol. The van der Waals surface area contributed by atoms with Crippen molar-refractivity contribution in [2.45, 2.75) is 12.5 Å². The number of benzene rings is 2. The minimum Gasteiger partial charge on any atom is -0.463 e. The molecule has 0 bridgehead atoms. The Morgan fingerprint density at radius 1 is 1.18 bits per heavy atom. The molecule has 110 valence electrons. The SMILES string of the molecule is O=C(O[C@H]1CCOC1=O)c1cc2c(ccc3ccccc32)[nH]1. The van der Waals surface area contributed by atoms with Gasteiger partial charge in [-0.2, -0.15) is 0 Å². The molecule has 0 saturated carbocycles. The quantitative estimate of drug-likeness (QED) is 0.738. The van der Waals surface area contributed by atoms with Gasteiger partial charge in [0.1, 0.15) is 5.69 Å². The van der Waals surface area contributed by atoms with E-state index in [-0.39, 0.29) is 0 Å². The Bertz CT molecular complexity index is 896. The molecule has 0 amide bonds. The van der Waals surface area contributed by atoms with E-state index in [1.807, 2.05) is 36.4 Å². The lowest BCUT2D eigenvalue weighted by atomic mass is 10.1. The number of fused-ring (bicyclic) bond motifs is 3. The summed E-state index contributed by atoms with van der Waals surface area (Å²) in [4.78, 5) is 26.6. The number of ether oxygens (including phenoxy) is 2. The second-order valence-corrected chi connectivity index (χ2v) is 5.28. The molecule has 0 unspecified atom stereocenters. The summed E-state index contributed by atoms with van der Waals surface area (Å²) in [5.74, 6) is -1.01. The van der Waals surface area contributed by atoms with Gasteiger partial charge in [0.15, 0.2) is 0 Å². The zero-order chi connectivity index (χ0) is 15.1. The van der Waals surface area contributed by atoms with Crippen molar-refractivity contribution < 1.29 is 19.1 Å². The Labute approximate surface area is 125 Å². The van der Waals surface area contributed by atoms with Crippen molar-refractivity contribution in [3.8, 4) is 0 Å². The Morgan fingerprint density at radius 3 is 2.86 bits per heavy atom. The molecule has 1 atom stereocenters. The van der Waals surface area contributed by atoms with Gasteiger partial charge in [0.2, 0.25) is 6.10 Å². The normalized spacial score (nSPS) is 17.8. The Morgan fingerprint density at radius 2 is 2.05 bits per heavy atom. The minimum absolute atomic E-state index is 0.300. The molecule has 2 aromatic carbocycles. The number of hydrogen-bond acceptors (Lipinski definition) is 4. The van der Waals surface area contributed by atoms with Crippen LogP contribution in [0.3, 0.4) is 0 Å². The van der Waals surface area contributed by atoms with E-state index >= 15 is 0 Å². The molecule has 1 aliphatic heterocycles. The summed E-state index contributed by atoms with van der Waals surface area (Å²) in [6, 6.07) is 13.7. The van der Waals surface area contributed by atoms with Crippen LogP contribution in [0.15, 0.2) is 42.5 Å². The summed E-state index contributed by atoms with van der Waals surface area (Å²) in [7, 11) is 0. The molecule has 3 aromatic rings. The van der Waals surface area contributed by atoms with E-state index in [9.17, 15) is 9.59 Å². The fourth-order valence-corrected chi connectivity index (χ4v) is 2.77. The van der Waals surface area contributed by atoms with Crippen molar-refractivity contribution in [3.63, 3.8) is 0 Å². The molecule has 5 nitrogen and oxygen atoms in total. The van der Waals surface area contributed by atoms with Gasteiger partial charge in [0.25, 0.3) is 0 Å². The average molecular weight is 295 g/mol. The molecule has 5 heteroatoms. The van der Waals surface area contributed by atoms with E-state index in [4.69, 9.17) is 9.47 Å². The molecule has 22 heavy (non-hydrogen) atoms. The topological polar surface area (TPSA) is 68.4 Å². The molecule has 0 aliphatic carbocycles. The number of rotatable bonds is 2. The average Bonchev–Trinajstić information content (AvgIpc) is 3.14. The molecule has 2 heterocycles. The molecule has 4 rings (SSSR count). The summed E-state index contributed by atoms with van der Waals surface area (Å²) in [5, 5.41) is 3.13. The summed E-state index contributed by atoms with van der Waals surface area (Å²) in [6.45, 7) is 0.300. The van der Waals surface area contributed by atoms with Crippen molar-refractivity contribution in [3.05, 3.63) is 48.2 Å². The predicted octanol–water partition coefficient (Wildman–Crippen LogP) is 2.79. The number of esters is 2. The summed E-state index contributed by atoms with van der Waals surface area (Å²) in [5.41, 5.74) is 1.20. The first-order chi connectivity index (χ1) is 10.7. The number of aromatic amines is 1. The van der Waals surface area contributed by atoms with Gasteiger partial charge in [-0.1, -0.05) is 30.3 Å². The number of cyclic esters (lactones) is 1. The number of carbonyl (C=O) groups excluding carboxylic acids is 2. The van der Waals surface area contributed by atoms with Gasteiger partial charge in [-0.25, -0.2) is 9.59 Å². The van der Waals surface area contributed by atoms with E-state index < -0.39 is 18.0 Å². The van der Waals surface area contributed by atoms with Crippen molar-refractivity contribution in [2.24, 2.45) is 0 Å². The summed E-state index contributed by atoms with van der Waals surface area (Å²) in [6.07, 6.45) is -0.385. The zero-order valence-corrected chi connectivity index (χ0v) is 11.7. The molecular weight excluding hydrogens is 282 g/mol. The van der Waals surface area contributed by atoms with Crippen LogP contribution in [0.2, 0.25) is 0 Å². The molecule has 1 N–H and O–H groups in total. The van der Waals surface area contributed by atoms with Gasteiger partial charge in [-0.15, -0.1) is 0 Å². The number of nitrogens with one attached hydrogen (secondary N) is 1. The van der Waals surface area contributed by atoms with Crippen molar-refractivity contribution in [1.82, 2.24) is 4.98 Å². The van der Waals surface area contributed by atoms with Gasteiger partial charge in [-0.05, 0) is 22.9 Å². The standard InChI is InChI=1S/C17H13NO4/c19-16(22-15-7-8-21-17(15)20)14-9-12-11-4-2-1-3-10(11)5-6-13(12)18-14/h1-6,9,15,18H,7-8H2/t15-/m0/s1. The van der Waals surface area contributed by atoms with Crippen LogP contribution in [0.25, 0.3) is 21.7 Å². The van der Waals surface area contributed by atoms with Crippen LogP contribution in [0.1, 0.15) is 16.9 Å². The van der Waals surface area contributed by atoms with Crippen LogP contribution in [0, 0.1) is 0 Å². The largest absolute Gasteiger partial charge is 0.463 e. The van der Waals surface area contributed by atoms with Crippen LogP contribution < -0.4 is 0 Å². The number of carbonyl (C=O) groups is 2. The fraction of sp³-hybridized carbons (Fsp3) is 0.176. The smallest absolute Gasteiger partial charge is 0.355 e. The van der Waals surface area contributed by atoms with Gasteiger partial charge in [0, 0.05) is 17.3 Å². The van der Waals surface area contributed by atoms with Crippen LogP contribution in [-0.2, 0) is 14.3 Å². The number of aromatic nitrogens is 1. The van der Waals surface area contributed by atoms with E-state index in [1.54, 1.807) is 6.07 Å².